The largest absolute Gasteiger partial charge is 0.497 e. The highest BCUT2D eigenvalue weighted by molar-refractivity contribution is 5.76. The average Bonchev–Trinajstić information content (AvgIpc) is 3.05. The van der Waals surface area contributed by atoms with E-state index in [0.717, 1.165) is 29.4 Å². The number of methoxy groups -OCH3 is 1. The van der Waals surface area contributed by atoms with Crippen LogP contribution in [0.3, 0.4) is 0 Å². The molecule has 25 heavy (non-hydrogen) atoms. The summed E-state index contributed by atoms with van der Waals surface area (Å²) in [5, 5.41) is 8.62. The maximum atomic E-state index is 12.6. The molecule has 0 N–H and O–H groups in total. The van der Waals surface area contributed by atoms with Gasteiger partial charge in [-0.3, -0.25) is 4.79 Å². The van der Waals surface area contributed by atoms with Gasteiger partial charge in [-0.1, -0.05) is 26.0 Å². The van der Waals surface area contributed by atoms with Gasteiger partial charge in [-0.05, 0) is 31.0 Å². The molecule has 1 aromatic heterocycles. The third kappa shape index (κ3) is 3.67. The molecule has 6 nitrogen and oxygen atoms in total. The van der Waals surface area contributed by atoms with Gasteiger partial charge < -0.3 is 14.2 Å². The zero-order valence-corrected chi connectivity index (χ0v) is 15.4. The van der Waals surface area contributed by atoms with Gasteiger partial charge in [0.1, 0.15) is 11.6 Å². The minimum Gasteiger partial charge on any atom is -0.497 e. The topological polar surface area (TPSA) is 60.2 Å². The first kappa shape index (κ1) is 17.5. The van der Waals surface area contributed by atoms with Crippen LogP contribution < -0.4 is 4.74 Å². The Morgan fingerprint density at radius 2 is 2.00 bits per heavy atom. The van der Waals surface area contributed by atoms with Crippen LogP contribution in [0.15, 0.2) is 24.3 Å². The van der Waals surface area contributed by atoms with E-state index in [1.54, 1.807) is 7.11 Å². The number of ether oxygens (including phenoxy) is 1. The van der Waals surface area contributed by atoms with E-state index in [9.17, 15) is 4.79 Å². The van der Waals surface area contributed by atoms with Gasteiger partial charge in [-0.15, -0.1) is 10.2 Å². The van der Waals surface area contributed by atoms with Crippen molar-refractivity contribution >= 4 is 5.91 Å². The molecule has 134 valence electrons. The lowest BCUT2D eigenvalue weighted by atomic mass is 10.1. The lowest BCUT2D eigenvalue weighted by Gasteiger charge is -2.33. The minimum atomic E-state index is 0.169. The zero-order valence-electron chi connectivity index (χ0n) is 15.4. The number of fused-ring (bicyclic) bond motifs is 1. The highest BCUT2D eigenvalue weighted by atomic mass is 16.5. The van der Waals surface area contributed by atoms with Gasteiger partial charge in [0.05, 0.1) is 19.7 Å². The van der Waals surface area contributed by atoms with E-state index in [1.165, 1.54) is 0 Å². The summed E-state index contributed by atoms with van der Waals surface area (Å²) in [7, 11) is 1.65. The third-order valence-corrected chi connectivity index (χ3v) is 4.71. The smallest absolute Gasteiger partial charge is 0.223 e. The number of carbonyl (C=O) groups is 1. The molecule has 1 atom stereocenters. The normalized spacial score (nSPS) is 16.8. The number of benzene rings is 1. The van der Waals surface area contributed by atoms with Crippen LogP contribution >= 0.6 is 0 Å². The van der Waals surface area contributed by atoms with Gasteiger partial charge in [0.25, 0.3) is 0 Å². The Bertz CT molecular complexity index is 736. The van der Waals surface area contributed by atoms with Crippen LogP contribution in [0.5, 0.6) is 5.75 Å². The Balaban J connectivity index is 1.63. The fourth-order valence-electron chi connectivity index (χ4n) is 3.35. The predicted molar refractivity (Wildman–Crippen MR) is 95.6 cm³/mol. The van der Waals surface area contributed by atoms with Crippen LogP contribution in [0.1, 0.15) is 56.4 Å². The molecule has 0 spiro atoms. The molecule has 1 aromatic carbocycles. The molecule has 1 aliphatic heterocycles. The van der Waals surface area contributed by atoms with Gasteiger partial charge in [-0.25, -0.2) is 0 Å². The minimum absolute atomic E-state index is 0.169. The summed E-state index contributed by atoms with van der Waals surface area (Å²) in [6, 6.07) is 8.09. The van der Waals surface area contributed by atoms with E-state index < -0.39 is 0 Å². The number of aryl methyl sites for hydroxylation is 1. The summed E-state index contributed by atoms with van der Waals surface area (Å²) in [5.41, 5.74) is 1.14. The molecule has 0 radical (unpaired) electrons. The summed E-state index contributed by atoms with van der Waals surface area (Å²) < 4.78 is 7.36. The van der Waals surface area contributed by atoms with Gasteiger partial charge >= 0.3 is 0 Å². The molecule has 0 fully saturated rings. The Morgan fingerprint density at radius 3 is 2.64 bits per heavy atom. The van der Waals surface area contributed by atoms with Crippen LogP contribution in [0.2, 0.25) is 0 Å². The van der Waals surface area contributed by atoms with Crippen molar-refractivity contribution < 1.29 is 9.53 Å². The maximum Gasteiger partial charge on any atom is 0.223 e. The van der Waals surface area contributed by atoms with E-state index in [2.05, 4.69) is 35.5 Å². The third-order valence-electron chi connectivity index (χ3n) is 4.71. The van der Waals surface area contributed by atoms with Crippen LogP contribution in [0.4, 0.5) is 0 Å². The van der Waals surface area contributed by atoms with E-state index in [4.69, 9.17) is 4.74 Å². The first-order valence-electron chi connectivity index (χ1n) is 8.84. The number of hydrogen-bond donors (Lipinski definition) is 0. The molecule has 0 saturated heterocycles. The highest BCUT2D eigenvalue weighted by Gasteiger charge is 2.29. The van der Waals surface area contributed by atoms with Crippen LogP contribution in [0.25, 0.3) is 0 Å². The Kier molecular flexibility index (Phi) is 5.06. The predicted octanol–water partition coefficient (Wildman–Crippen LogP) is 2.95. The summed E-state index contributed by atoms with van der Waals surface area (Å²) >= 11 is 0. The number of amides is 1. The highest BCUT2D eigenvalue weighted by Crippen LogP contribution is 2.25. The molecule has 0 aliphatic carbocycles. The summed E-state index contributed by atoms with van der Waals surface area (Å²) in [6.07, 6.45) is 1.24. The van der Waals surface area contributed by atoms with Gasteiger partial charge in [0.2, 0.25) is 5.91 Å². The van der Waals surface area contributed by atoms with E-state index in [0.29, 0.717) is 25.4 Å². The lowest BCUT2D eigenvalue weighted by Crippen LogP contribution is -2.41. The maximum absolute atomic E-state index is 12.6. The van der Waals surface area contributed by atoms with Crippen molar-refractivity contribution in [3.05, 3.63) is 41.5 Å². The van der Waals surface area contributed by atoms with Crippen molar-refractivity contribution in [2.24, 2.45) is 0 Å². The zero-order chi connectivity index (χ0) is 18.0. The second-order valence-corrected chi connectivity index (χ2v) is 6.97. The molecule has 1 amide bonds. The SMILES string of the molecule is COc1ccc(CCC(=O)N2Cc3nnc(C(C)C)n3[C@@H](C)C2)cc1. The number of rotatable bonds is 5. The Labute approximate surface area is 148 Å². The molecule has 3 rings (SSSR count). The number of aromatic nitrogens is 3. The van der Waals surface area contributed by atoms with Gasteiger partial charge in [0.15, 0.2) is 5.82 Å². The Morgan fingerprint density at radius 1 is 1.28 bits per heavy atom. The van der Waals surface area contributed by atoms with Crippen molar-refractivity contribution in [2.75, 3.05) is 13.7 Å². The molecule has 2 aromatic rings. The van der Waals surface area contributed by atoms with Crippen molar-refractivity contribution in [3.63, 3.8) is 0 Å². The fourth-order valence-corrected chi connectivity index (χ4v) is 3.35. The summed E-state index contributed by atoms with van der Waals surface area (Å²) in [6.45, 7) is 7.63. The first-order valence-corrected chi connectivity index (χ1v) is 8.84. The van der Waals surface area contributed by atoms with Crippen molar-refractivity contribution in [1.82, 2.24) is 19.7 Å². The fraction of sp³-hybridized carbons (Fsp3) is 0.526. The first-order chi connectivity index (χ1) is 12.0. The van der Waals surface area contributed by atoms with Crippen molar-refractivity contribution in [2.45, 2.75) is 52.1 Å². The summed E-state index contributed by atoms with van der Waals surface area (Å²) in [4.78, 5) is 14.5. The lowest BCUT2D eigenvalue weighted by molar-refractivity contribution is -0.133. The van der Waals surface area contributed by atoms with E-state index >= 15 is 0 Å². The van der Waals surface area contributed by atoms with E-state index in [1.807, 2.05) is 29.2 Å². The van der Waals surface area contributed by atoms with Crippen LogP contribution in [-0.2, 0) is 17.8 Å². The molecule has 6 heteroatoms. The standard InChI is InChI=1S/C19H26N4O2/c1-13(2)19-21-20-17-12-22(11-14(3)23(17)19)18(24)10-7-15-5-8-16(25-4)9-6-15/h5-6,8-9,13-14H,7,10-12H2,1-4H3/t14-/m0/s1. The molecule has 0 unspecified atom stereocenters. The second kappa shape index (κ2) is 7.25. The number of nitrogens with zero attached hydrogens (tertiary/aromatic N) is 4. The average molecular weight is 342 g/mol. The monoisotopic (exact) mass is 342 g/mol. The Hall–Kier alpha value is -2.37. The second-order valence-electron chi connectivity index (χ2n) is 6.97. The summed E-state index contributed by atoms with van der Waals surface area (Å²) in [5.74, 6) is 3.23. The van der Waals surface area contributed by atoms with Crippen LogP contribution in [0, 0.1) is 0 Å². The van der Waals surface area contributed by atoms with Gasteiger partial charge in [-0.2, -0.15) is 0 Å². The number of hydrogen-bond acceptors (Lipinski definition) is 4. The van der Waals surface area contributed by atoms with E-state index in [-0.39, 0.29) is 11.9 Å². The van der Waals surface area contributed by atoms with Crippen molar-refractivity contribution in [1.29, 1.82) is 0 Å². The molecular formula is C19H26N4O2. The van der Waals surface area contributed by atoms with Gasteiger partial charge in [0, 0.05) is 18.9 Å². The molecule has 0 saturated carbocycles. The number of carbonyl (C=O) groups excluding carboxylic acids is 1. The molecule has 2 heterocycles. The quantitative estimate of drug-likeness (QED) is 0.838. The molecular weight excluding hydrogens is 316 g/mol. The van der Waals surface area contributed by atoms with Crippen LogP contribution in [-0.4, -0.2) is 39.2 Å². The molecule has 1 aliphatic rings. The van der Waals surface area contributed by atoms with Crippen molar-refractivity contribution in [3.8, 4) is 5.75 Å². The molecule has 0 bridgehead atoms.